The first-order valence-electron chi connectivity index (χ1n) is 5.65. The molecule has 92 valence electrons. The van der Waals surface area contributed by atoms with Crippen LogP contribution in [0.5, 0.6) is 0 Å². The van der Waals surface area contributed by atoms with Gasteiger partial charge in [-0.2, -0.15) is 4.98 Å². The van der Waals surface area contributed by atoms with Gasteiger partial charge < -0.3 is 9.84 Å². The number of hydrogen-bond donors (Lipinski definition) is 1. The quantitative estimate of drug-likeness (QED) is 0.907. The molecule has 2 rings (SSSR count). The molecular formula is C12H17N3OS. The second-order valence-electron chi connectivity index (χ2n) is 4.20. The summed E-state index contributed by atoms with van der Waals surface area (Å²) in [5, 5.41) is 7.27. The van der Waals surface area contributed by atoms with Crippen LogP contribution in [0, 0.1) is 20.8 Å². The van der Waals surface area contributed by atoms with Gasteiger partial charge in [0.1, 0.15) is 0 Å². The summed E-state index contributed by atoms with van der Waals surface area (Å²) >= 11 is 1.83. The van der Waals surface area contributed by atoms with Gasteiger partial charge >= 0.3 is 0 Å². The fourth-order valence-electron chi connectivity index (χ4n) is 1.85. The van der Waals surface area contributed by atoms with Gasteiger partial charge in [-0.25, -0.2) is 0 Å². The first-order valence-corrected chi connectivity index (χ1v) is 6.47. The summed E-state index contributed by atoms with van der Waals surface area (Å²) in [6.07, 6.45) is 0. The van der Waals surface area contributed by atoms with E-state index in [1.54, 1.807) is 6.92 Å². The lowest BCUT2D eigenvalue weighted by molar-refractivity contribution is 0.384. The average molecular weight is 251 g/mol. The molecule has 1 N–H and O–H groups in total. The summed E-state index contributed by atoms with van der Waals surface area (Å²) in [6, 6.07) is 2.54. The molecule has 1 unspecified atom stereocenters. The van der Waals surface area contributed by atoms with Crippen molar-refractivity contribution in [2.75, 3.05) is 0 Å². The van der Waals surface area contributed by atoms with Gasteiger partial charge in [-0.15, -0.1) is 11.3 Å². The Hall–Kier alpha value is -1.20. The molecule has 2 aromatic heterocycles. The minimum absolute atomic E-state index is 0.304. The van der Waals surface area contributed by atoms with E-state index in [1.165, 1.54) is 15.3 Å². The van der Waals surface area contributed by atoms with Crippen molar-refractivity contribution in [3.05, 3.63) is 33.1 Å². The molecule has 0 radical (unpaired) electrons. The van der Waals surface area contributed by atoms with E-state index in [2.05, 4.69) is 42.3 Å². The standard InChI is InChI=1S/C12H17N3OS/c1-7-5-11(9(3)17-7)8(2)13-6-12-14-10(4)16-15-12/h5,8,13H,6H2,1-4H3. The third kappa shape index (κ3) is 2.92. The number of thiophene rings is 1. The van der Waals surface area contributed by atoms with Crippen LogP contribution in [-0.2, 0) is 6.54 Å². The summed E-state index contributed by atoms with van der Waals surface area (Å²) in [4.78, 5) is 6.88. The smallest absolute Gasteiger partial charge is 0.223 e. The van der Waals surface area contributed by atoms with Crippen molar-refractivity contribution < 1.29 is 4.52 Å². The highest BCUT2D eigenvalue weighted by atomic mass is 32.1. The Morgan fingerprint density at radius 3 is 2.71 bits per heavy atom. The third-order valence-corrected chi connectivity index (χ3v) is 3.66. The molecule has 0 saturated carbocycles. The van der Waals surface area contributed by atoms with Crippen molar-refractivity contribution in [1.29, 1.82) is 0 Å². The van der Waals surface area contributed by atoms with Crippen LogP contribution in [0.15, 0.2) is 10.6 Å². The number of nitrogens with zero attached hydrogens (tertiary/aromatic N) is 2. The van der Waals surface area contributed by atoms with E-state index in [1.807, 2.05) is 11.3 Å². The summed E-state index contributed by atoms with van der Waals surface area (Å²) < 4.78 is 4.93. The van der Waals surface area contributed by atoms with Crippen LogP contribution in [0.1, 0.15) is 40.0 Å². The molecule has 0 aliphatic rings. The lowest BCUT2D eigenvalue weighted by Crippen LogP contribution is -2.19. The van der Waals surface area contributed by atoms with Crippen LogP contribution < -0.4 is 5.32 Å². The predicted molar refractivity (Wildman–Crippen MR) is 68.1 cm³/mol. The van der Waals surface area contributed by atoms with E-state index in [0.29, 0.717) is 24.3 Å². The Balaban J connectivity index is 1.97. The molecule has 0 bridgehead atoms. The second kappa shape index (κ2) is 4.98. The van der Waals surface area contributed by atoms with Crippen LogP contribution >= 0.6 is 11.3 Å². The molecular weight excluding hydrogens is 234 g/mol. The van der Waals surface area contributed by atoms with E-state index in [9.17, 15) is 0 Å². The predicted octanol–water partition coefficient (Wildman–Crippen LogP) is 2.91. The van der Waals surface area contributed by atoms with Gasteiger partial charge in [0, 0.05) is 22.7 Å². The van der Waals surface area contributed by atoms with Crippen LogP contribution in [0.2, 0.25) is 0 Å². The van der Waals surface area contributed by atoms with Crippen molar-refractivity contribution in [2.24, 2.45) is 0 Å². The zero-order chi connectivity index (χ0) is 12.4. The first kappa shape index (κ1) is 12.3. The highest BCUT2D eigenvalue weighted by Gasteiger charge is 2.11. The lowest BCUT2D eigenvalue weighted by Gasteiger charge is -2.11. The minimum atomic E-state index is 0.304. The largest absolute Gasteiger partial charge is 0.340 e. The van der Waals surface area contributed by atoms with E-state index < -0.39 is 0 Å². The summed E-state index contributed by atoms with van der Waals surface area (Å²) in [6.45, 7) is 8.88. The van der Waals surface area contributed by atoms with Crippen molar-refractivity contribution in [1.82, 2.24) is 15.5 Å². The van der Waals surface area contributed by atoms with Crippen molar-refractivity contribution in [2.45, 2.75) is 40.3 Å². The van der Waals surface area contributed by atoms with Gasteiger partial charge in [0.05, 0.1) is 6.54 Å². The lowest BCUT2D eigenvalue weighted by atomic mass is 10.1. The average Bonchev–Trinajstić information content (AvgIpc) is 2.81. The number of rotatable bonds is 4. The molecule has 4 nitrogen and oxygen atoms in total. The van der Waals surface area contributed by atoms with Gasteiger partial charge in [0.25, 0.3) is 0 Å². The van der Waals surface area contributed by atoms with E-state index in [4.69, 9.17) is 4.52 Å². The molecule has 0 amide bonds. The molecule has 2 heterocycles. The Bertz CT molecular complexity index is 504. The van der Waals surface area contributed by atoms with Gasteiger partial charge in [-0.3, -0.25) is 0 Å². The van der Waals surface area contributed by atoms with Gasteiger partial charge in [0.2, 0.25) is 5.89 Å². The Morgan fingerprint density at radius 2 is 2.18 bits per heavy atom. The Labute approximate surface area is 105 Å². The SMILES string of the molecule is Cc1nc(CNC(C)c2cc(C)sc2C)no1. The maximum atomic E-state index is 4.93. The van der Waals surface area contributed by atoms with Crippen molar-refractivity contribution in [3.63, 3.8) is 0 Å². The molecule has 5 heteroatoms. The fourth-order valence-corrected chi connectivity index (χ4v) is 2.87. The molecule has 0 fully saturated rings. The molecule has 0 aliphatic heterocycles. The van der Waals surface area contributed by atoms with Gasteiger partial charge in [-0.1, -0.05) is 5.16 Å². The van der Waals surface area contributed by atoms with Gasteiger partial charge in [-0.05, 0) is 32.4 Å². The second-order valence-corrected chi connectivity index (χ2v) is 5.66. The first-order chi connectivity index (χ1) is 8.06. The molecule has 17 heavy (non-hydrogen) atoms. The number of hydrogen-bond acceptors (Lipinski definition) is 5. The molecule has 0 spiro atoms. The van der Waals surface area contributed by atoms with E-state index in [0.717, 1.165) is 0 Å². The van der Waals surface area contributed by atoms with Gasteiger partial charge in [0.15, 0.2) is 5.82 Å². The number of aromatic nitrogens is 2. The maximum Gasteiger partial charge on any atom is 0.223 e. The highest BCUT2D eigenvalue weighted by Crippen LogP contribution is 2.26. The zero-order valence-corrected chi connectivity index (χ0v) is 11.4. The van der Waals surface area contributed by atoms with E-state index >= 15 is 0 Å². The van der Waals surface area contributed by atoms with E-state index in [-0.39, 0.29) is 0 Å². The summed E-state index contributed by atoms with van der Waals surface area (Å²) in [5.41, 5.74) is 1.35. The molecule has 0 aromatic carbocycles. The fraction of sp³-hybridized carbons (Fsp3) is 0.500. The van der Waals surface area contributed by atoms with Crippen LogP contribution in [0.4, 0.5) is 0 Å². The van der Waals surface area contributed by atoms with Crippen molar-refractivity contribution >= 4 is 11.3 Å². The normalized spacial score (nSPS) is 12.9. The minimum Gasteiger partial charge on any atom is -0.340 e. The molecule has 2 aromatic rings. The number of aryl methyl sites for hydroxylation is 3. The molecule has 0 saturated heterocycles. The monoisotopic (exact) mass is 251 g/mol. The summed E-state index contributed by atoms with van der Waals surface area (Å²) in [5.74, 6) is 1.32. The highest BCUT2D eigenvalue weighted by molar-refractivity contribution is 7.12. The number of nitrogens with one attached hydrogen (secondary N) is 1. The topological polar surface area (TPSA) is 51.0 Å². The third-order valence-electron chi connectivity index (χ3n) is 2.68. The van der Waals surface area contributed by atoms with Crippen molar-refractivity contribution in [3.8, 4) is 0 Å². The van der Waals surface area contributed by atoms with Crippen LogP contribution in [0.3, 0.4) is 0 Å². The van der Waals surface area contributed by atoms with Crippen LogP contribution in [0.25, 0.3) is 0 Å². The maximum absolute atomic E-state index is 4.93. The van der Waals surface area contributed by atoms with Crippen LogP contribution in [-0.4, -0.2) is 10.1 Å². The summed E-state index contributed by atoms with van der Waals surface area (Å²) in [7, 11) is 0. The molecule has 0 aliphatic carbocycles. The Kier molecular flexibility index (Phi) is 3.59. The Morgan fingerprint density at radius 1 is 1.41 bits per heavy atom. The zero-order valence-electron chi connectivity index (χ0n) is 10.6. The molecule has 1 atom stereocenters.